The molecule has 1 saturated carbocycles. The molecule has 1 aliphatic carbocycles. The van der Waals surface area contributed by atoms with Crippen LogP contribution in [0.2, 0.25) is 0 Å². The van der Waals surface area contributed by atoms with Crippen LogP contribution in [0.25, 0.3) is 5.69 Å². The molecule has 0 aromatic carbocycles. The van der Waals surface area contributed by atoms with E-state index < -0.39 is 24.0 Å². The van der Waals surface area contributed by atoms with E-state index in [1.54, 1.807) is 31.5 Å². The van der Waals surface area contributed by atoms with Crippen molar-refractivity contribution < 1.29 is 18.0 Å². The largest absolute Gasteiger partial charge is 0.408 e. The van der Waals surface area contributed by atoms with Gasteiger partial charge in [-0.25, -0.2) is 4.68 Å². The third-order valence-corrected chi connectivity index (χ3v) is 4.42. The maximum Gasteiger partial charge on any atom is 0.408 e. The number of hydrogen-bond donors (Lipinski definition) is 1. The number of nitrogens with zero attached hydrogens (tertiary/aromatic N) is 3. The molecule has 5 nitrogen and oxygen atoms in total. The van der Waals surface area contributed by atoms with Gasteiger partial charge in [-0.3, -0.25) is 9.78 Å². The topological polar surface area (TPSA) is 59.8 Å². The molecule has 0 aliphatic heterocycles. The van der Waals surface area contributed by atoms with Crippen molar-refractivity contribution in [2.75, 3.05) is 0 Å². The van der Waals surface area contributed by atoms with E-state index in [1.807, 2.05) is 0 Å². The Balaban J connectivity index is 1.81. The highest BCUT2D eigenvalue weighted by molar-refractivity contribution is 5.95. The number of halogens is 3. The minimum atomic E-state index is -4.45. The molecule has 3 rings (SSSR count). The second-order valence-corrected chi connectivity index (χ2v) is 5.94. The number of amides is 1. The van der Waals surface area contributed by atoms with E-state index in [0.29, 0.717) is 24.2 Å². The van der Waals surface area contributed by atoms with E-state index >= 15 is 0 Å². The molecule has 2 heterocycles. The molecular formula is C16H17F3N4O. The van der Waals surface area contributed by atoms with Crippen LogP contribution in [0.1, 0.15) is 35.3 Å². The number of carbonyl (C=O) groups is 1. The van der Waals surface area contributed by atoms with Gasteiger partial charge in [0.1, 0.15) is 6.04 Å². The van der Waals surface area contributed by atoms with Crippen LogP contribution in [0.15, 0.2) is 30.7 Å². The Bertz CT molecular complexity index is 723. The maximum absolute atomic E-state index is 13.2. The van der Waals surface area contributed by atoms with Crippen LogP contribution in [0, 0.1) is 12.8 Å². The molecule has 0 bridgehead atoms. The first kappa shape index (κ1) is 16.5. The summed E-state index contributed by atoms with van der Waals surface area (Å²) >= 11 is 0. The lowest BCUT2D eigenvalue weighted by Crippen LogP contribution is -2.52. The Labute approximate surface area is 136 Å². The van der Waals surface area contributed by atoms with Gasteiger partial charge in [0, 0.05) is 12.4 Å². The molecule has 0 saturated heterocycles. The first-order valence-electron chi connectivity index (χ1n) is 7.70. The van der Waals surface area contributed by atoms with Gasteiger partial charge in [-0.15, -0.1) is 0 Å². The summed E-state index contributed by atoms with van der Waals surface area (Å²) in [5, 5.41) is 6.25. The van der Waals surface area contributed by atoms with Crippen molar-refractivity contribution in [3.63, 3.8) is 0 Å². The van der Waals surface area contributed by atoms with Gasteiger partial charge in [-0.2, -0.15) is 18.3 Å². The maximum atomic E-state index is 13.2. The first-order valence-corrected chi connectivity index (χ1v) is 7.70. The standard InChI is InChI=1S/C16H17F3N4O/c1-10-13(9-21-23(10)12-5-7-20-8-6-12)15(24)22-14(16(17,18)19)11-3-2-4-11/h5-9,11,14H,2-4H2,1H3,(H,22,24). The van der Waals surface area contributed by atoms with Crippen molar-refractivity contribution >= 4 is 5.91 Å². The van der Waals surface area contributed by atoms with Crippen molar-refractivity contribution in [2.24, 2.45) is 5.92 Å². The van der Waals surface area contributed by atoms with Crippen LogP contribution in [0.4, 0.5) is 13.2 Å². The molecule has 1 atom stereocenters. The van der Waals surface area contributed by atoms with Gasteiger partial charge >= 0.3 is 6.18 Å². The predicted octanol–water partition coefficient (Wildman–Crippen LogP) is 3.04. The fraction of sp³-hybridized carbons (Fsp3) is 0.438. The minimum Gasteiger partial charge on any atom is -0.340 e. The third-order valence-electron chi connectivity index (χ3n) is 4.42. The lowest BCUT2D eigenvalue weighted by Gasteiger charge is -2.35. The summed E-state index contributed by atoms with van der Waals surface area (Å²) in [5.74, 6) is -1.29. The van der Waals surface area contributed by atoms with Crippen LogP contribution < -0.4 is 5.32 Å². The lowest BCUT2D eigenvalue weighted by molar-refractivity contribution is -0.171. The molecular weight excluding hydrogens is 321 g/mol. The summed E-state index contributed by atoms with van der Waals surface area (Å²) in [4.78, 5) is 16.2. The van der Waals surface area contributed by atoms with Crippen molar-refractivity contribution in [1.29, 1.82) is 0 Å². The van der Waals surface area contributed by atoms with E-state index in [4.69, 9.17) is 0 Å². The monoisotopic (exact) mass is 338 g/mol. The fourth-order valence-corrected chi connectivity index (χ4v) is 2.84. The van der Waals surface area contributed by atoms with Gasteiger partial charge in [0.05, 0.1) is 23.1 Å². The predicted molar refractivity (Wildman–Crippen MR) is 80.7 cm³/mol. The molecule has 128 valence electrons. The summed E-state index contributed by atoms with van der Waals surface area (Å²) < 4.78 is 41.1. The molecule has 0 radical (unpaired) electrons. The molecule has 24 heavy (non-hydrogen) atoms. The summed E-state index contributed by atoms with van der Waals surface area (Å²) in [5.41, 5.74) is 1.31. The Morgan fingerprint density at radius 2 is 2.00 bits per heavy atom. The van der Waals surface area contributed by atoms with Gasteiger partial charge in [0.2, 0.25) is 0 Å². The number of aromatic nitrogens is 3. The number of pyridine rings is 1. The zero-order valence-corrected chi connectivity index (χ0v) is 13.0. The third kappa shape index (κ3) is 3.13. The second-order valence-electron chi connectivity index (χ2n) is 5.94. The van der Waals surface area contributed by atoms with Gasteiger partial charge in [-0.05, 0) is 37.8 Å². The molecule has 1 aliphatic rings. The quantitative estimate of drug-likeness (QED) is 0.932. The van der Waals surface area contributed by atoms with Crippen molar-refractivity contribution in [1.82, 2.24) is 20.1 Å². The van der Waals surface area contributed by atoms with E-state index in [-0.39, 0.29) is 5.56 Å². The Hall–Kier alpha value is -2.38. The zero-order valence-electron chi connectivity index (χ0n) is 13.0. The Morgan fingerprint density at radius 1 is 1.33 bits per heavy atom. The second kappa shape index (κ2) is 6.26. The zero-order chi connectivity index (χ0) is 17.3. The number of hydrogen-bond acceptors (Lipinski definition) is 3. The van der Waals surface area contributed by atoms with E-state index in [1.165, 1.54) is 10.9 Å². The van der Waals surface area contributed by atoms with Crippen molar-refractivity contribution in [3.05, 3.63) is 42.0 Å². The molecule has 1 unspecified atom stereocenters. The summed E-state index contributed by atoms with van der Waals surface area (Å²) in [6.45, 7) is 1.65. The van der Waals surface area contributed by atoms with Gasteiger partial charge in [-0.1, -0.05) is 6.42 Å². The van der Waals surface area contributed by atoms with Crippen molar-refractivity contribution in [2.45, 2.75) is 38.4 Å². The summed E-state index contributed by atoms with van der Waals surface area (Å²) in [6.07, 6.45) is 1.74. The van der Waals surface area contributed by atoms with Crippen LogP contribution in [-0.4, -0.2) is 32.9 Å². The SMILES string of the molecule is Cc1c(C(=O)NC(C2CCC2)C(F)(F)F)cnn1-c1ccncc1. The van der Waals surface area contributed by atoms with Crippen LogP contribution in [0.5, 0.6) is 0 Å². The number of nitrogens with one attached hydrogen (secondary N) is 1. The number of rotatable bonds is 4. The lowest BCUT2D eigenvalue weighted by atomic mass is 9.79. The summed E-state index contributed by atoms with van der Waals surface area (Å²) in [7, 11) is 0. The fourth-order valence-electron chi connectivity index (χ4n) is 2.84. The van der Waals surface area contributed by atoms with E-state index in [2.05, 4.69) is 15.4 Å². The van der Waals surface area contributed by atoms with Crippen LogP contribution >= 0.6 is 0 Å². The molecule has 1 fully saturated rings. The molecule has 8 heteroatoms. The molecule has 1 amide bonds. The summed E-state index contributed by atoms with van der Waals surface area (Å²) in [6, 6.07) is 1.60. The molecule has 0 spiro atoms. The first-order chi connectivity index (χ1) is 11.4. The van der Waals surface area contributed by atoms with Gasteiger partial charge in [0.25, 0.3) is 5.91 Å². The van der Waals surface area contributed by atoms with Crippen LogP contribution in [0.3, 0.4) is 0 Å². The molecule has 2 aromatic rings. The minimum absolute atomic E-state index is 0.139. The van der Waals surface area contributed by atoms with E-state index in [0.717, 1.165) is 6.42 Å². The average molecular weight is 338 g/mol. The van der Waals surface area contributed by atoms with Crippen molar-refractivity contribution in [3.8, 4) is 5.69 Å². The Kier molecular flexibility index (Phi) is 4.29. The smallest absolute Gasteiger partial charge is 0.340 e. The molecule has 1 N–H and O–H groups in total. The number of carbonyl (C=O) groups excluding carboxylic acids is 1. The Morgan fingerprint density at radius 3 is 2.54 bits per heavy atom. The van der Waals surface area contributed by atoms with E-state index in [9.17, 15) is 18.0 Å². The van der Waals surface area contributed by atoms with Gasteiger partial charge < -0.3 is 5.32 Å². The van der Waals surface area contributed by atoms with Crippen LogP contribution in [-0.2, 0) is 0 Å². The highest BCUT2D eigenvalue weighted by Crippen LogP contribution is 2.37. The number of alkyl halides is 3. The average Bonchev–Trinajstić information content (AvgIpc) is 2.86. The normalized spacial score (nSPS) is 16.5. The highest BCUT2D eigenvalue weighted by atomic mass is 19.4. The highest BCUT2D eigenvalue weighted by Gasteiger charge is 2.47. The van der Waals surface area contributed by atoms with Gasteiger partial charge in [0.15, 0.2) is 0 Å². The molecule has 2 aromatic heterocycles.